The zero-order valence-electron chi connectivity index (χ0n) is 21.5. The predicted octanol–water partition coefficient (Wildman–Crippen LogP) is 5.17. The molecule has 202 valence electrons. The third kappa shape index (κ3) is 7.49. The first kappa shape index (κ1) is 29.5. The Kier molecular flexibility index (Phi) is 10.2. The Balaban J connectivity index is 2.00. The zero-order chi connectivity index (χ0) is 27.9. The van der Waals surface area contributed by atoms with E-state index in [1.807, 2.05) is 44.2 Å². The van der Waals surface area contributed by atoms with Crippen LogP contribution in [0.4, 0.5) is 5.69 Å². The summed E-state index contributed by atoms with van der Waals surface area (Å²) in [6.45, 7) is 4.94. The topological polar surface area (TPSA) is 86.8 Å². The largest absolute Gasteiger partial charge is 0.352 e. The number of sulfonamides is 1. The van der Waals surface area contributed by atoms with E-state index in [2.05, 4.69) is 5.32 Å². The van der Waals surface area contributed by atoms with E-state index in [0.717, 1.165) is 9.87 Å². The Labute approximate surface area is 234 Å². The molecule has 0 unspecified atom stereocenters. The number of rotatable bonds is 11. The molecule has 3 rings (SSSR count). The van der Waals surface area contributed by atoms with Gasteiger partial charge in [-0.05, 0) is 63.1 Å². The summed E-state index contributed by atoms with van der Waals surface area (Å²) in [5.74, 6) is -0.874. The molecule has 0 bridgehead atoms. The van der Waals surface area contributed by atoms with Gasteiger partial charge in [0.2, 0.25) is 11.8 Å². The van der Waals surface area contributed by atoms with E-state index >= 15 is 0 Å². The number of nitrogens with one attached hydrogen (secondary N) is 1. The van der Waals surface area contributed by atoms with E-state index in [0.29, 0.717) is 11.4 Å². The molecule has 3 aromatic carbocycles. The lowest BCUT2D eigenvalue weighted by Crippen LogP contribution is -2.53. The van der Waals surface area contributed by atoms with Gasteiger partial charge in [-0.3, -0.25) is 13.9 Å². The number of nitrogens with zero attached hydrogens (tertiary/aromatic N) is 2. The zero-order valence-corrected chi connectivity index (χ0v) is 23.8. The lowest BCUT2D eigenvalue weighted by atomic mass is 10.1. The van der Waals surface area contributed by atoms with Crippen molar-refractivity contribution >= 4 is 50.7 Å². The first-order valence-electron chi connectivity index (χ1n) is 12.2. The van der Waals surface area contributed by atoms with Crippen molar-refractivity contribution in [2.45, 2.75) is 44.2 Å². The number of benzene rings is 3. The third-order valence-corrected chi connectivity index (χ3v) is 8.18. The standard InChI is InChI=1S/C28H31Cl2N3O4S/c1-20(2)31-28(35)21(3)32(17-16-22-10-6-4-7-11-22)27(34)19-33(26-15-14-23(29)18-25(26)30)38(36,37)24-12-8-5-9-13-24/h4-15,18,20-21H,16-17,19H2,1-3H3,(H,31,35)/t21-/m1/s1. The summed E-state index contributed by atoms with van der Waals surface area (Å²) in [4.78, 5) is 28.1. The average molecular weight is 577 g/mol. The van der Waals surface area contributed by atoms with Crippen LogP contribution in [0.5, 0.6) is 0 Å². The summed E-state index contributed by atoms with van der Waals surface area (Å²) in [5.41, 5.74) is 1.09. The van der Waals surface area contributed by atoms with E-state index in [1.54, 1.807) is 25.1 Å². The number of amides is 2. The number of carbonyl (C=O) groups excluding carboxylic acids is 2. The molecule has 1 N–H and O–H groups in total. The van der Waals surface area contributed by atoms with Crippen LogP contribution >= 0.6 is 23.2 Å². The van der Waals surface area contributed by atoms with Crippen molar-refractivity contribution < 1.29 is 18.0 Å². The van der Waals surface area contributed by atoms with E-state index in [-0.39, 0.29) is 34.1 Å². The molecule has 0 heterocycles. The maximum Gasteiger partial charge on any atom is 0.264 e. The normalized spacial score (nSPS) is 12.2. The van der Waals surface area contributed by atoms with Gasteiger partial charge >= 0.3 is 0 Å². The van der Waals surface area contributed by atoms with Gasteiger partial charge in [0.15, 0.2) is 0 Å². The highest BCUT2D eigenvalue weighted by Crippen LogP contribution is 2.32. The lowest BCUT2D eigenvalue weighted by Gasteiger charge is -2.32. The number of hydrogen-bond donors (Lipinski definition) is 1. The summed E-state index contributed by atoms with van der Waals surface area (Å²) in [7, 11) is -4.19. The van der Waals surface area contributed by atoms with Crippen LogP contribution in [0.15, 0.2) is 83.8 Å². The van der Waals surface area contributed by atoms with Crippen molar-refractivity contribution in [1.82, 2.24) is 10.2 Å². The van der Waals surface area contributed by atoms with Crippen molar-refractivity contribution in [3.63, 3.8) is 0 Å². The lowest BCUT2D eigenvalue weighted by molar-refractivity contribution is -0.139. The molecule has 0 saturated carbocycles. The fourth-order valence-corrected chi connectivity index (χ4v) is 5.91. The molecule has 3 aromatic rings. The van der Waals surface area contributed by atoms with Crippen LogP contribution in [0.3, 0.4) is 0 Å². The van der Waals surface area contributed by atoms with E-state index in [4.69, 9.17) is 23.2 Å². The van der Waals surface area contributed by atoms with Crippen molar-refractivity contribution in [1.29, 1.82) is 0 Å². The van der Waals surface area contributed by atoms with Gasteiger partial charge in [0.1, 0.15) is 12.6 Å². The first-order valence-corrected chi connectivity index (χ1v) is 14.4. The van der Waals surface area contributed by atoms with Gasteiger partial charge in [0, 0.05) is 17.6 Å². The van der Waals surface area contributed by atoms with Gasteiger partial charge in [-0.25, -0.2) is 8.42 Å². The molecular weight excluding hydrogens is 545 g/mol. The van der Waals surface area contributed by atoms with E-state index in [1.165, 1.54) is 35.2 Å². The molecule has 0 aliphatic carbocycles. The summed E-state index contributed by atoms with van der Waals surface area (Å²) in [6, 6.07) is 20.8. The highest BCUT2D eigenvalue weighted by atomic mass is 35.5. The molecule has 2 amide bonds. The molecule has 0 saturated heterocycles. The first-order chi connectivity index (χ1) is 18.0. The molecule has 0 fully saturated rings. The van der Waals surface area contributed by atoms with Crippen LogP contribution in [0.2, 0.25) is 10.0 Å². The second-order valence-electron chi connectivity index (χ2n) is 9.08. The van der Waals surface area contributed by atoms with Gasteiger partial charge in [-0.15, -0.1) is 0 Å². The average Bonchev–Trinajstić information content (AvgIpc) is 2.88. The van der Waals surface area contributed by atoms with Crippen LogP contribution in [-0.4, -0.2) is 50.3 Å². The smallest absolute Gasteiger partial charge is 0.264 e. The van der Waals surface area contributed by atoms with Crippen LogP contribution in [-0.2, 0) is 26.0 Å². The van der Waals surface area contributed by atoms with E-state index < -0.39 is 28.5 Å². The quantitative estimate of drug-likeness (QED) is 0.341. The Hall–Kier alpha value is -3.07. The molecule has 1 atom stereocenters. The number of carbonyl (C=O) groups is 2. The third-order valence-electron chi connectivity index (χ3n) is 5.87. The van der Waals surface area contributed by atoms with Gasteiger partial charge in [0.05, 0.1) is 15.6 Å². The Morgan fingerprint density at radius 2 is 1.50 bits per heavy atom. The van der Waals surface area contributed by atoms with Gasteiger partial charge in [0.25, 0.3) is 10.0 Å². The molecule has 0 aromatic heterocycles. The fraction of sp³-hybridized carbons (Fsp3) is 0.286. The second kappa shape index (κ2) is 13.1. The van der Waals surface area contributed by atoms with Gasteiger partial charge in [-0.2, -0.15) is 0 Å². The minimum absolute atomic E-state index is 0.000233. The van der Waals surface area contributed by atoms with Crippen LogP contribution in [0.1, 0.15) is 26.3 Å². The van der Waals surface area contributed by atoms with Crippen LogP contribution < -0.4 is 9.62 Å². The molecule has 0 aliphatic heterocycles. The molecule has 0 aliphatic rings. The molecule has 0 radical (unpaired) electrons. The summed E-state index contributed by atoms with van der Waals surface area (Å²) < 4.78 is 28.4. The van der Waals surface area contributed by atoms with Crippen molar-refractivity contribution in [2.24, 2.45) is 0 Å². The fourth-order valence-electron chi connectivity index (χ4n) is 3.89. The number of hydrogen-bond acceptors (Lipinski definition) is 4. The van der Waals surface area contributed by atoms with Crippen molar-refractivity contribution in [2.75, 3.05) is 17.4 Å². The molecule has 0 spiro atoms. The highest BCUT2D eigenvalue weighted by molar-refractivity contribution is 7.92. The maximum atomic E-state index is 13.8. The molecule has 38 heavy (non-hydrogen) atoms. The number of halogens is 2. The van der Waals surface area contributed by atoms with Crippen LogP contribution in [0, 0.1) is 0 Å². The molecule has 7 nitrogen and oxygen atoms in total. The predicted molar refractivity (Wildman–Crippen MR) is 152 cm³/mol. The summed E-state index contributed by atoms with van der Waals surface area (Å²) in [6.07, 6.45) is 0.485. The molecule has 10 heteroatoms. The Morgan fingerprint density at radius 1 is 0.895 bits per heavy atom. The number of anilines is 1. The molecular formula is C28H31Cl2N3O4S. The maximum absolute atomic E-state index is 13.8. The van der Waals surface area contributed by atoms with Gasteiger partial charge in [-0.1, -0.05) is 71.7 Å². The van der Waals surface area contributed by atoms with Crippen LogP contribution in [0.25, 0.3) is 0 Å². The summed E-state index contributed by atoms with van der Waals surface area (Å²) in [5, 5.41) is 3.23. The SMILES string of the molecule is CC(C)NC(=O)[C@@H](C)N(CCc1ccccc1)C(=O)CN(c1ccc(Cl)cc1Cl)S(=O)(=O)c1ccccc1. The Morgan fingerprint density at radius 3 is 2.08 bits per heavy atom. The van der Waals surface area contributed by atoms with E-state index in [9.17, 15) is 18.0 Å². The van der Waals surface area contributed by atoms with Gasteiger partial charge < -0.3 is 10.2 Å². The minimum Gasteiger partial charge on any atom is -0.352 e. The second-order valence-corrected chi connectivity index (χ2v) is 11.8. The van der Waals surface area contributed by atoms with Crippen molar-refractivity contribution in [3.8, 4) is 0 Å². The summed E-state index contributed by atoms with van der Waals surface area (Å²) >= 11 is 12.5. The van der Waals surface area contributed by atoms with Crippen molar-refractivity contribution in [3.05, 3.63) is 94.5 Å². The Bertz CT molecular complexity index is 1350. The monoisotopic (exact) mass is 575 g/mol. The highest BCUT2D eigenvalue weighted by Gasteiger charge is 2.33. The minimum atomic E-state index is -4.19.